The van der Waals surface area contributed by atoms with E-state index in [0.717, 1.165) is 24.2 Å². The molecule has 3 rings (SSSR count). The highest BCUT2D eigenvalue weighted by molar-refractivity contribution is 5.93. The first-order chi connectivity index (χ1) is 12.3. The van der Waals surface area contributed by atoms with E-state index in [1.54, 1.807) is 6.07 Å². The highest BCUT2D eigenvalue weighted by atomic mass is 35.5. The number of nitrogens with one attached hydrogen (secondary N) is 1. The number of carbonyl (C=O) groups is 1. The molecule has 2 aromatic rings. The first-order valence-electron chi connectivity index (χ1n) is 9.03. The van der Waals surface area contributed by atoms with E-state index < -0.39 is 0 Å². The molecular formula is C20H27ClN2O3. The SMILES string of the molecule is Cl.NCC(NC(=O)c1occc1COc1ccccc1)C1CCCCC1. The van der Waals surface area contributed by atoms with Crippen LogP contribution in [0.3, 0.4) is 0 Å². The van der Waals surface area contributed by atoms with Crippen LogP contribution in [0.5, 0.6) is 5.75 Å². The standard InChI is InChI=1S/C20H26N2O3.ClH/c21-13-18(15-7-3-1-4-8-15)22-20(23)19-16(11-12-24-19)14-25-17-9-5-2-6-10-17;/h2,5-6,9-12,15,18H,1,3-4,7-8,13-14,21H2,(H,22,23);1H. The molecular weight excluding hydrogens is 352 g/mol. The van der Waals surface area contributed by atoms with Crippen LogP contribution in [0.1, 0.15) is 48.2 Å². The molecule has 1 aliphatic carbocycles. The number of nitrogens with two attached hydrogens (primary N) is 1. The van der Waals surface area contributed by atoms with Gasteiger partial charge in [0.1, 0.15) is 12.4 Å². The fraction of sp³-hybridized carbons (Fsp3) is 0.450. The molecule has 0 saturated heterocycles. The number of rotatable bonds is 7. The van der Waals surface area contributed by atoms with Gasteiger partial charge in [0.2, 0.25) is 0 Å². The maximum Gasteiger partial charge on any atom is 0.287 e. The first kappa shape index (κ1) is 20.3. The van der Waals surface area contributed by atoms with Crippen molar-refractivity contribution in [2.75, 3.05) is 6.54 Å². The third-order valence-corrected chi connectivity index (χ3v) is 4.88. The summed E-state index contributed by atoms with van der Waals surface area (Å²) in [6.45, 7) is 0.743. The lowest BCUT2D eigenvalue weighted by Crippen LogP contribution is -2.46. The van der Waals surface area contributed by atoms with Gasteiger partial charge in [-0.25, -0.2) is 0 Å². The van der Waals surface area contributed by atoms with E-state index in [4.69, 9.17) is 14.9 Å². The van der Waals surface area contributed by atoms with Crippen molar-refractivity contribution >= 4 is 18.3 Å². The predicted molar refractivity (Wildman–Crippen MR) is 104 cm³/mol. The van der Waals surface area contributed by atoms with E-state index in [1.165, 1.54) is 25.5 Å². The van der Waals surface area contributed by atoms with Crippen molar-refractivity contribution in [2.45, 2.75) is 44.8 Å². The lowest BCUT2D eigenvalue weighted by Gasteiger charge is -2.29. The van der Waals surface area contributed by atoms with Gasteiger partial charge in [-0.3, -0.25) is 4.79 Å². The van der Waals surface area contributed by atoms with Crippen molar-refractivity contribution < 1.29 is 13.9 Å². The number of hydrogen-bond acceptors (Lipinski definition) is 4. The number of para-hydroxylation sites is 1. The van der Waals surface area contributed by atoms with Crippen LogP contribution in [-0.2, 0) is 6.61 Å². The molecule has 1 heterocycles. The Morgan fingerprint density at radius 3 is 2.62 bits per heavy atom. The number of furan rings is 1. The van der Waals surface area contributed by atoms with Crippen molar-refractivity contribution in [1.82, 2.24) is 5.32 Å². The van der Waals surface area contributed by atoms with Gasteiger partial charge in [0.15, 0.2) is 5.76 Å². The summed E-state index contributed by atoms with van der Waals surface area (Å²) in [5.41, 5.74) is 6.64. The van der Waals surface area contributed by atoms with E-state index in [1.807, 2.05) is 30.3 Å². The number of benzene rings is 1. The summed E-state index contributed by atoms with van der Waals surface area (Å²) in [7, 11) is 0. The molecule has 0 aliphatic heterocycles. The van der Waals surface area contributed by atoms with Crippen LogP contribution in [0.15, 0.2) is 47.1 Å². The summed E-state index contributed by atoms with van der Waals surface area (Å²) in [5, 5.41) is 3.06. The summed E-state index contributed by atoms with van der Waals surface area (Å²) in [5.74, 6) is 1.32. The quantitative estimate of drug-likeness (QED) is 0.765. The Morgan fingerprint density at radius 2 is 1.92 bits per heavy atom. The number of ether oxygens (including phenoxy) is 1. The Hall–Kier alpha value is -1.98. The van der Waals surface area contributed by atoms with Crippen molar-refractivity contribution in [3.05, 3.63) is 54.0 Å². The lowest BCUT2D eigenvalue weighted by molar-refractivity contribution is 0.0884. The molecule has 1 saturated carbocycles. The third-order valence-electron chi connectivity index (χ3n) is 4.88. The fourth-order valence-corrected chi connectivity index (χ4v) is 3.47. The summed E-state index contributed by atoms with van der Waals surface area (Å²) in [6, 6.07) is 11.3. The monoisotopic (exact) mass is 378 g/mol. The lowest BCUT2D eigenvalue weighted by atomic mass is 9.84. The second-order valence-corrected chi connectivity index (χ2v) is 6.59. The second-order valence-electron chi connectivity index (χ2n) is 6.59. The molecule has 0 bridgehead atoms. The largest absolute Gasteiger partial charge is 0.489 e. The maximum absolute atomic E-state index is 12.6. The topological polar surface area (TPSA) is 77.5 Å². The molecule has 1 aromatic carbocycles. The number of amides is 1. The van der Waals surface area contributed by atoms with Crippen LogP contribution in [0, 0.1) is 5.92 Å². The molecule has 6 heteroatoms. The fourth-order valence-electron chi connectivity index (χ4n) is 3.47. The Labute approximate surface area is 160 Å². The Balaban J connectivity index is 0.00000243. The van der Waals surface area contributed by atoms with Gasteiger partial charge in [-0.2, -0.15) is 0 Å². The van der Waals surface area contributed by atoms with Gasteiger partial charge in [0.05, 0.1) is 6.26 Å². The average molecular weight is 379 g/mol. The van der Waals surface area contributed by atoms with E-state index in [0.29, 0.717) is 24.8 Å². The van der Waals surface area contributed by atoms with E-state index in [-0.39, 0.29) is 24.4 Å². The summed E-state index contributed by atoms with van der Waals surface area (Å²) < 4.78 is 11.1. The Kier molecular flexibility index (Phi) is 8.01. The summed E-state index contributed by atoms with van der Waals surface area (Å²) in [4.78, 5) is 12.6. The molecule has 1 fully saturated rings. The van der Waals surface area contributed by atoms with Crippen molar-refractivity contribution in [3.8, 4) is 5.75 Å². The highest BCUT2D eigenvalue weighted by Gasteiger charge is 2.26. The summed E-state index contributed by atoms with van der Waals surface area (Å²) in [6.07, 6.45) is 7.49. The van der Waals surface area contributed by atoms with Crippen LogP contribution in [0.2, 0.25) is 0 Å². The van der Waals surface area contributed by atoms with Gasteiger partial charge >= 0.3 is 0 Å². The van der Waals surface area contributed by atoms with Crippen molar-refractivity contribution in [1.29, 1.82) is 0 Å². The molecule has 1 amide bonds. The average Bonchev–Trinajstić information content (AvgIpc) is 3.14. The zero-order chi connectivity index (χ0) is 17.5. The van der Waals surface area contributed by atoms with Crippen LogP contribution in [0.25, 0.3) is 0 Å². The molecule has 1 aliphatic rings. The third kappa shape index (κ3) is 5.26. The van der Waals surface area contributed by atoms with Gasteiger partial charge in [0.25, 0.3) is 5.91 Å². The van der Waals surface area contributed by atoms with Gasteiger partial charge in [-0.15, -0.1) is 12.4 Å². The second kappa shape index (κ2) is 10.2. The molecule has 0 radical (unpaired) electrons. The van der Waals surface area contributed by atoms with Gasteiger partial charge in [0, 0.05) is 18.2 Å². The zero-order valence-corrected chi connectivity index (χ0v) is 15.7. The maximum atomic E-state index is 12.6. The number of hydrogen-bond donors (Lipinski definition) is 2. The minimum atomic E-state index is -0.210. The minimum Gasteiger partial charge on any atom is -0.489 e. The zero-order valence-electron chi connectivity index (χ0n) is 14.9. The first-order valence-corrected chi connectivity index (χ1v) is 9.03. The van der Waals surface area contributed by atoms with Gasteiger partial charge < -0.3 is 20.2 Å². The van der Waals surface area contributed by atoms with Crippen LogP contribution in [0.4, 0.5) is 0 Å². The molecule has 142 valence electrons. The van der Waals surface area contributed by atoms with Gasteiger partial charge in [-0.05, 0) is 37.0 Å². The van der Waals surface area contributed by atoms with E-state index in [9.17, 15) is 4.79 Å². The minimum absolute atomic E-state index is 0. The molecule has 1 aromatic heterocycles. The van der Waals surface area contributed by atoms with Crippen molar-refractivity contribution in [3.63, 3.8) is 0 Å². The predicted octanol–water partition coefficient (Wildman–Crippen LogP) is 3.92. The van der Waals surface area contributed by atoms with Crippen LogP contribution in [-0.4, -0.2) is 18.5 Å². The number of halogens is 1. The Morgan fingerprint density at radius 1 is 1.19 bits per heavy atom. The van der Waals surface area contributed by atoms with Gasteiger partial charge in [-0.1, -0.05) is 37.5 Å². The van der Waals surface area contributed by atoms with Crippen molar-refractivity contribution in [2.24, 2.45) is 11.7 Å². The molecule has 5 nitrogen and oxygen atoms in total. The highest BCUT2D eigenvalue weighted by Crippen LogP contribution is 2.26. The molecule has 1 unspecified atom stereocenters. The summed E-state index contributed by atoms with van der Waals surface area (Å²) >= 11 is 0. The van der Waals surface area contributed by atoms with Crippen LogP contribution < -0.4 is 15.8 Å². The smallest absolute Gasteiger partial charge is 0.287 e. The number of carbonyl (C=O) groups excluding carboxylic acids is 1. The van der Waals surface area contributed by atoms with E-state index in [2.05, 4.69) is 5.32 Å². The molecule has 0 spiro atoms. The van der Waals surface area contributed by atoms with Crippen LogP contribution >= 0.6 is 12.4 Å². The van der Waals surface area contributed by atoms with E-state index >= 15 is 0 Å². The molecule has 3 N–H and O–H groups in total. The normalized spacial score (nSPS) is 15.7. The molecule has 26 heavy (non-hydrogen) atoms. The molecule has 1 atom stereocenters. The Bertz CT molecular complexity index is 669.